The van der Waals surface area contributed by atoms with Crippen molar-refractivity contribution in [1.82, 2.24) is 9.88 Å². The highest BCUT2D eigenvalue weighted by Gasteiger charge is 2.33. The Morgan fingerprint density at radius 3 is 2.82 bits per heavy atom. The van der Waals surface area contributed by atoms with Gasteiger partial charge in [0.25, 0.3) is 0 Å². The van der Waals surface area contributed by atoms with Crippen molar-refractivity contribution in [2.45, 2.75) is 51.9 Å². The van der Waals surface area contributed by atoms with Crippen LogP contribution in [0, 0.1) is 5.92 Å². The van der Waals surface area contributed by atoms with Gasteiger partial charge < -0.3 is 10.2 Å². The van der Waals surface area contributed by atoms with Gasteiger partial charge in [0.2, 0.25) is 11.8 Å². The molecule has 1 fully saturated rings. The van der Waals surface area contributed by atoms with E-state index >= 15 is 0 Å². The van der Waals surface area contributed by atoms with Crippen LogP contribution in [0.5, 0.6) is 0 Å². The number of aromatic nitrogens is 1. The van der Waals surface area contributed by atoms with Crippen LogP contribution in [-0.4, -0.2) is 34.8 Å². The van der Waals surface area contributed by atoms with Crippen molar-refractivity contribution >= 4 is 28.3 Å². The van der Waals surface area contributed by atoms with E-state index in [1.807, 2.05) is 6.92 Å². The van der Waals surface area contributed by atoms with Crippen molar-refractivity contribution < 1.29 is 9.59 Å². The Labute approximate surface area is 135 Å². The molecular weight excluding hydrogens is 298 g/mol. The Morgan fingerprint density at radius 2 is 2.09 bits per heavy atom. The molecule has 22 heavy (non-hydrogen) atoms. The third-order valence-corrected chi connectivity index (χ3v) is 5.62. The predicted molar refractivity (Wildman–Crippen MR) is 87.0 cm³/mol. The second kappa shape index (κ2) is 6.77. The molecule has 6 heteroatoms. The predicted octanol–water partition coefficient (Wildman–Crippen LogP) is 2.61. The fraction of sp³-hybridized carbons (Fsp3) is 0.688. The summed E-state index contributed by atoms with van der Waals surface area (Å²) in [6, 6.07) is 0. The Kier molecular flexibility index (Phi) is 4.76. The number of amides is 2. The molecule has 2 heterocycles. The van der Waals surface area contributed by atoms with E-state index in [0.717, 1.165) is 18.5 Å². The van der Waals surface area contributed by atoms with Gasteiger partial charge in [-0.05, 0) is 32.6 Å². The highest BCUT2D eigenvalue weighted by atomic mass is 32.1. The molecule has 3 rings (SSSR count). The summed E-state index contributed by atoms with van der Waals surface area (Å²) < 4.78 is 0. The summed E-state index contributed by atoms with van der Waals surface area (Å²) in [5.41, 5.74) is 1.16. The topological polar surface area (TPSA) is 62.3 Å². The molecule has 0 spiro atoms. The number of hydrogen-bond acceptors (Lipinski definition) is 4. The highest BCUT2D eigenvalue weighted by molar-refractivity contribution is 7.15. The number of carbonyl (C=O) groups is 2. The van der Waals surface area contributed by atoms with E-state index in [1.165, 1.54) is 30.6 Å². The molecule has 1 aromatic heterocycles. The molecular formula is C16H23N3O2S. The van der Waals surface area contributed by atoms with Crippen LogP contribution in [0.25, 0.3) is 0 Å². The summed E-state index contributed by atoms with van der Waals surface area (Å²) in [4.78, 5) is 31.8. The van der Waals surface area contributed by atoms with Gasteiger partial charge >= 0.3 is 0 Å². The normalized spacial score (nSPS) is 22.1. The quantitative estimate of drug-likeness (QED) is 0.931. The van der Waals surface area contributed by atoms with Crippen LogP contribution in [0.3, 0.4) is 0 Å². The summed E-state index contributed by atoms with van der Waals surface area (Å²) in [6.07, 6.45) is 7.38. The summed E-state index contributed by atoms with van der Waals surface area (Å²) in [7, 11) is 0. The van der Waals surface area contributed by atoms with Gasteiger partial charge in [-0.2, -0.15) is 0 Å². The van der Waals surface area contributed by atoms with Gasteiger partial charge in [-0.1, -0.05) is 12.8 Å². The van der Waals surface area contributed by atoms with Crippen LogP contribution in [0.15, 0.2) is 0 Å². The Morgan fingerprint density at radius 1 is 1.32 bits per heavy atom. The van der Waals surface area contributed by atoms with Crippen molar-refractivity contribution in [2.75, 3.05) is 18.4 Å². The molecule has 0 bridgehead atoms. The first-order valence-electron chi connectivity index (χ1n) is 8.24. The third kappa shape index (κ3) is 3.32. The number of anilines is 1. The fourth-order valence-corrected chi connectivity index (χ4v) is 4.27. The maximum atomic E-state index is 12.3. The first-order valence-corrected chi connectivity index (χ1v) is 9.06. The number of rotatable bonds is 3. The first kappa shape index (κ1) is 15.5. The van der Waals surface area contributed by atoms with Gasteiger partial charge in [-0.15, -0.1) is 11.3 Å². The van der Waals surface area contributed by atoms with Gasteiger partial charge in [0.05, 0.1) is 11.6 Å². The van der Waals surface area contributed by atoms with E-state index < -0.39 is 0 Å². The Hall–Kier alpha value is -1.43. The number of hydrogen-bond donors (Lipinski definition) is 1. The number of thiazole rings is 1. The van der Waals surface area contributed by atoms with Gasteiger partial charge in [0.15, 0.2) is 5.13 Å². The van der Waals surface area contributed by atoms with Crippen LogP contribution in [-0.2, 0) is 22.4 Å². The summed E-state index contributed by atoms with van der Waals surface area (Å²) >= 11 is 1.61. The second-order valence-corrected chi connectivity index (χ2v) is 7.21. The lowest BCUT2D eigenvalue weighted by Gasteiger charge is -2.12. The molecule has 2 aliphatic rings. The molecule has 0 unspecified atom stereocenters. The van der Waals surface area contributed by atoms with Gasteiger partial charge in [-0.25, -0.2) is 4.98 Å². The molecule has 0 aromatic carbocycles. The zero-order valence-corrected chi connectivity index (χ0v) is 13.9. The molecule has 1 N–H and O–H groups in total. The zero-order valence-electron chi connectivity index (χ0n) is 13.1. The van der Waals surface area contributed by atoms with E-state index in [1.54, 1.807) is 16.2 Å². The third-order valence-electron chi connectivity index (χ3n) is 4.54. The van der Waals surface area contributed by atoms with Crippen LogP contribution >= 0.6 is 11.3 Å². The number of carbonyl (C=O) groups excluding carboxylic acids is 2. The van der Waals surface area contributed by atoms with Gasteiger partial charge in [0, 0.05) is 24.4 Å². The van der Waals surface area contributed by atoms with E-state index in [0.29, 0.717) is 24.6 Å². The average molecular weight is 321 g/mol. The smallest absolute Gasteiger partial charge is 0.231 e. The van der Waals surface area contributed by atoms with Crippen molar-refractivity contribution in [3.05, 3.63) is 10.6 Å². The summed E-state index contributed by atoms with van der Waals surface area (Å²) in [5.74, 6) is -0.223. The number of nitrogens with zero attached hydrogens (tertiary/aromatic N) is 2. The Balaban J connectivity index is 1.64. The fourth-order valence-electron chi connectivity index (χ4n) is 3.22. The molecule has 0 radical (unpaired) electrons. The lowest BCUT2D eigenvalue weighted by Crippen LogP contribution is -2.28. The molecule has 0 saturated carbocycles. The lowest BCUT2D eigenvalue weighted by atomic mass is 10.0. The first-order chi connectivity index (χ1) is 10.7. The number of nitrogens with one attached hydrogen (secondary N) is 1. The van der Waals surface area contributed by atoms with Crippen molar-refractivity contribution in [2.24, 2.45) is 5.92 Å². The monoisotopic (exact) mass is 321 g/mol. The van der Waals surface area contributed by atoms with Gasteiger partial charge in [0.1, 0.15) is 0 Å². The number of likely N-dealkylation sites (tertiary alicyclic amines) is 1. The SMILES string of the molecule is CCN1C[C@H](C(=O)Nc2nc3c(s2)CCCCCC3)CC1=O. The zero-order chi connectivity index (χ0) is 15.5. The maximum Gasteiger partial charge on any atom is 0.231 e. The molecule has 1 aromatic rings. The Bertz CT molecular complexity index is 544. The molecule has 1 aliphatic carbocycles. The van der Waals surface area contributed by atoms with E-state index in [4.69, 9.17) is 0 Å². The van der Waals surface area contributed by atoms with Crippen LogP contribution in [0.2, 0.25) is 0 Å². The van der Waals surface area contributed by atoms with Gasteiger partial charge in [-0.3, -0.25) is 9.59 Å². The largest absolute Gasteiger partial charge is 0.342 e. The molecule has 2 amide bonds. The minimum Gasteiger partial charge on any atom is -0.342 e. The maximum absolute atomic E-state index is 12.3. The van der Waals surface area contributed by atoms with Crippen LogP contribution < -0.4 is 5.32 Å². The lowest BCUT2D eigenvalue weighted by molar-refractivity contribution is -0.128. The number of aryl methyl sites for hydroxylation is 2. The van der Waals surface area contributed by atoms with Crippen molar-refractivity contribution in [3.8, 4) is 0 Å². The molecule has 1 aliphatic heterocycles. The highest BCUT2D eigenvalue weighted by Crippen LogP contribution is 2.29. The summed E-state index contributed by atoms with van der Waals surface area (Å²) in [6.45, 7) is 3.15. The molecule has 120 valence electrons. The van der Waals surface area contributed by atoms with Crippen LogP contribution in [0.1, 0.15) is 49.6 Å². The van der Waals surface area contributed by atoms with E-state index in [-0.39, 0.29) is 17.7 Å². The second-order valence-electron chi connectivity index (χ2n) is 6.13. The standard InChI is InChI=1S/C16H23N3O2S/c1-2-19-10-11(9-14(19)20)15(21)18-16-17-12-7-5-3-4-6-8-13(12)22-16/h11H,2-10H2,1H3,(H,17,18,21)/t11-/m1/s1. The minimum atomic E-state index is -0.237. The van der Waals surface area contributed by atoms with Crippen molar-refractivity contribution in [3.63, 3.8) is 0 Å². The average Bonchev–Trinajstić information content (AvgIpc) is 3.02. The van der Waals surface area contributed by atoms with Crippen molar-refractivity contribution in [1.29, 1.82) is 0 Å². The molecule has 1 atom stereocenters. The van der Waals surface area contributed by atoms with E-state index in [2.05, 4.69) is 10.3 Å². The number of fused-ring (bicyclic) bond motifs is 1. The van der Waals surface area contributed by atoms with Crippen LogP contribution in [0.4, 0.5) is 5.13 Å². The van der Waals surface area contributed by atoms with E-state index in [9.17, 15) is 9.59 Å². The summed E-state index contributed by atoms with van der Waals surface area (Å²) in [5, 5.41) is 3.64. The minimum absolute atomic E-state index is 0.0639. The molecule has 5 nitrogen and oxygen atoms in total. The molecule has 1 saturated heterocycles.